The van der Waals surface area contributed by atoms with E-state index in [4.69, 9.17) is 14.5 Å². The first-order chi connectivity index (χ1) is 13.3. The SMILES string of the molecule is c1cc(-c2ccc3nc([C@@H]4CCCN(Cc5ccoc5)C4)nn3c2)ccn1. The lowest BCUT2D eigenvalue weighted by Gasteiger charge is -2.30. The third kappa shape index (κ3) is 3.36. The van der Waals surface area contributed by atoms with Crippen molar-refractivity contribution < 1.29 is 4.42 Å². The monoisotopic (exact) mass is 359 g/mol. The summed E-state index contributed by atoms with van der Waals surface area (Å²) in [7, 11) is 0. The van der Waals surface area contributed by atoms with Gasteiger partial charge < -0.3 is 4.42 Å². The maximum atomic E-state index is 5.20. The maximum Gasteiger partial charge on any atom is 0.156 e. The number of hydrogen-bond donors (Lipinski definition) is 0. The number of rotatable bonds is 4. The molecule has 6 heteroatoms. The fourth-order valence-corrected chi connectivity index (χ4v) is 3.84. The summed E-state index contributed by atoms with van der Waals surface area (Å²) >= 11 is 0. The highest BCUT2D eigenvalue weighted by molar-refractivity contribution is 5.63. The molecule has 0 spiro atoms. The molecule has 0 saturated carbocycles. The zero-order valence-corrected chi connectivity index (χ0v) is 15.0. The summed E-state index contributed by atoms with van der Waals surface area (Å²) in [6.07, 6.45) is 11.5. The van der Waals surface area contributed by atoms with E-state index < -0.39 is 0 Å². The molecule has 0 aliphatic carbocycles. The van der Waals surface area contributed by atoms with Gasteiger partial charge in [-0.25, -0.2) is 9.50 Å². The van der Waals surface area contributed by atoms with Crippen molar-refractivity contribution in [1.82, 2.24) is 24.5 Å². The second-order valence-electron chi connectivity index (χ2n) is 7.13. The molecule has 1 aliphatic heterocycles. The van der Waals surface area contributed by atoms with Gasteiger partial charge in [0, 0.05) is 48.7 Å². The summed E-state index contributed by atoms with van der Waals surface area (Å²) in [5.74, 6) is 1.31. The van der Waals surface area contributed by atoms with Gasteiger partial charge in [-0.2, -0.15) is 5.10 Å². The number of fused-ring (bicyclic) bond motifs is 1. The first-order valence-electron chi connectivity index (χ1n) is 9.35. The first-order valence-corrected chi connectivity index (χ1v) is 9.35. The lowest BCUT2D eigenvalue weighted by atomic mass is 9.97. The molecule has 5 rings (SSSR count). The van der Waals surface area contributed by atoms with Crippen molar-refractivity contribution >= 4 is 5.65 Å². The Morgan fingerprint density at radius 2 is 2.00 bits per heavy atom. The smallest absolute Gasteiger partial charge is 0.156 e. The minimum absolute atomic E-state index is 0.370. The standard InChI is InChI=1S/C21H21N5O/c1-2-19(13-25(10-1)12-16-7-11-27-15-16)21-23-20-4-3-18(14-26(20)24-21)17-5-8-22-9-6-17/h3-9,11,14-15,19H,1-2,10,12-13H2/t19-/m1/s1. The number of likely N-dealkylation sites (tertiary alicyclic amines) is 1. The van der Waals surface area contributed by atoms with Gasteiger partial charge in [-0.05, 0) is 55.3 Å². The molecule has 1 saturated heterocycles. The second-order valence-corrected chi connectivity index (χ2v) is 7.13. The Hall–Kier alpha value is -2.99. The Kier molecular flexibility index (Phi) is 4.18. The Balaban J connectivity index is 1.38. The van der Waals surface area contributed by atoms with Gasteiger partial charge in [-0.1, -0.05) is 0 Å². The predicted octanol–water partition coefficient (Wildman–Crippen LogP) is 3.76. The van der Waals surface area contributed by atoms with Crippen molar-refractivity contribution in [2.45, 2.75) is 25.3 Å². The van der Waals surface area contributed by atoms with Gasteiger partial charge in [0.2, 0.25) is 0 Å². The number of furan rings is 1. The average Bonchev–Trinajstić information content (AvgIpc) is 3.38. The van der Waals surface area contributed by atoms with Gasteiger partial charge in [0.25, 0.3) is 0 Å². The van der Waals surface area contributed by atoms with Crippen LogP contribution in [0.3, 0.4) is 0 Å². The van der Waals surface area contributed by atoms with E-state index in [1.54, 1.807) is 6.26 Å². The van der Waals surface area contributed by atoms with E-state index in [-0.39, 0.29) is 0 Å². The van der Waals surface area contributed by atoms with Crippen LogP contribution in [0, 0.1) is 0 Å². The highest BCUT2D eigenvalue weighted by atomic mass is 16.3. The van der Waals surface area contributed by atoms with Gasteiger partial charge in [-0.15, -0.1) is 0 Å². The number of aromatic nitrogens is 4. The second kappa shape index (κ2) is 6.96. The van der Waals surface area contributed by atoms with E-state index in [0.717, 1.165) is 48.7 Å². The van der Waals surface area contributed by atoms with Crippen molar-refractivity contribution in [2.24, 2.45) is 0 Å². The van der Waals surface area contributed by atoms with Crippen molar-refractivity contribution in [3.05, 3.63) is 72.8 Å². The Morgan fingerprint density at radius 1 is 1.07 bits per heavy atom. The van der Waals surface area contributed by atoms with E-state index in [1.807, 2.05) is 53.6 Å². The summed E-state index contributed by atoms with van der Waals surface area (Å²) in [5.41, 5.74) is 4.37. The van der Waals surface area contributed by atoms with Crippen LogP contribution in [0.5, 0.6) is 0 Å². The van der Waals surface area contributed by atoms with Gasteiger partial charge in [0.05, 0.1) is 12.5 Å². The number of hydrogen-bond acceptors (Lipinski definition) is 5. The normalized spacial score (nSPS) is 18.1. The average molecular weight is 359 g/mol. The van der Waals surface area contributed by atoms with E-state index in [0.29, 0.717) is 5.92 Å². The van der Waals surface area contributed by atoms with Crippen LogP contribution in [0.2, 0.25) is 0 Å². The molecule has 4 aromatic rings. The topological polar surface area (TPSA) is 59.5 Å². The van der Waals surface area contributed by atoms with E-state index in [2.05, 4.69) is 16.0 Å². The summed E-state index contributed by atoms with van der Waals surface area (Å²) in [6, 6.07) is 10.2. The van der Waals surface area contributed by atoms with Gasteiger partial charge in [0.1, 0.15) is 0 Å². The van der Waals surface area contributed by atoms with Gasteiger partial charge in [0.15, 0.2) is 11.5 Å². The van der Waals surface area contributed by atoms with Crippen molar-refractivity contribution in [1.29, 1.82) is 0 Å². The zero-order chi connectivity index (χ0) is 18.1. The summed E-state index contributed by atoms with van der Waals surface area (Å²) in [6.45, 7) is 3.02. The number of pyridine rings is 2. The van der Waals surface area contributed by atoms with E-state index in [9.17, 15) is 0 Å². The lowest BCUT2D eigenvalue weighted by Crippen LogP contribution is -2.34. The molecule has 0 aromatic carbocycles. The molecule has 6 nitrogen and oxygen atoms in total. The largest absolute Gasteiger partial charge is 0.472 e. The molecule has 1 aliphatic rings. The molecule has 5 heterocycles. The Morgan fingerprint density at radius 3 is 2.85 bits per heavy atom. The van der Waals surface area contributed by atoms with Crippen LogP contribution in [0.1, 0.15) is 30.1 Å². The molecule has 136 valence electrons. The lowest BCUT2D eigenvalue weighted by molar-refractivity contribution is 0.196. The van der Waals surface area contributed by atoms with E-state index >= 15 is 0 Å². The molecular weight excluding hydrogens is 338 g/mol. The van der Waals surface area contributed by atoms with Crippen LogP contribution in [0.15, 0.2) is 65.9 Å². The molecule has 4 aromatic heterocycles. The molecule has 0 amide bonds. The molecule has 1 atom stereocenters. The van der Waals surface area contributed by atoms with Gasteiger partial charge in [-0.3, -0.25) is 9.88 Å². The predicted molar refractivity (Wildman–Crippen MR) is 102 cm³/mol. The minimum Gasteiger partial charge on any atom is -0.472 e. The fourth-order valence-electron chi connectivity index (χ4n) is 3.84. The molecule has 0 N–H and O–H groups in total. The zero-order valence-electron chi connectivity index (χ0n) is 15.0. The van der Waals surface area contributed by atoms with Gasteiger partial charge >= 0.3 is 0 Å². The van der Waals surface area contributed by atoms with Crippen LogP contribution in [0.25, 0.3) is 16.8 Å². The summed E-state index contributed by atoms with van der Waals surface area (Å²) in [4.78, 5) is 11.3. The number of nitrogens with zero attached hydrogens (tertiary/aromatic N) is 5. The van der Waals surface area contributed by atoms with Crippen LogP contribution < -0.4 is 0 Å². The van der Waals surface area contributed by atoms with Crippen LogP contribution in [-0.4, -0.2) is 37.6 Å². The summed E-state index contributed by atoms with van der Waals surface area (Å²) in [5, 5.41) is 4.80. The molecule has 0 bridgehead atoms. The van der Waals surface area contributed by atoms with Crippen LogP contribution >= 0.6 is 0 Å². The van der Waals surface area contributed by atoms with Crippen molar-refractivity contribution in [3.63, 3.8) is 0 Å². The Labute approximate surface area is 157 Å². The molecule has 0 unspecified atom stereocenters. The van der Waals surface area contributed by atoms with Crippen LogP contribution in [0.4, 0.5) is 0 Å². The first kappa shape index (κ1) is 16.2. The molecular formula is C21H21N5O. The van der Waals surface area contributed by atoms with Crippen molar-refractivity contribution in [3.8, 4) is 11.1 Å². The quantitative estimate of drug-likeness (QED) is 0.555. The molecule has 27 heavy (non-hydrogen) atoms. The summed E-state index contributed by atoms with van der Waals surface area (Å²) < 4.78 is 7.10. The van der Waals surface area contributed by atoms with E-state index in [1.165, 1.54) is 12.0 Å². The highest BCUT2D eigenvalue weighted by Gasteiger charge is 2.25. The van der Waals surface area contributed by atoms with Crippen molar-refractivity contribution in [2.75, 3.05) is 13.1 Å². The minimum atomic E-state index is 0.370. The third-order valence-electron chi connectivity index (χ3n) is 5.22. The number of piperidine rings is 1. The maximum absolute atomic E-state index is 5.20. The van der Waals surface area contributed by atoms with Crippen LogP contribution in [-0.2, 0) is 6.54 Å². The third-order valence-corrected chi connectivity index (χ3v) is 5.22. The highest BCUT2D eigenvalue weighted by Crippen LogP contribution is 2.27. The molecule has 0 radical (unpaired) electrons. The Bertz CT molecular complexity index is 1030. The fraction of sp³-hybridized carbons (Fsp3) is 0.286. The molecule has 1 fully saturated rings.